The summed E-state index contributed by atoms with van der Waals surface area (Å²) in [5.74, 6) is 0.442. The molecular formula is C26H34Cl2N10O3. The first-order valence-corrected chi connectivity index (χ1v) is 13.4. The van der Waals surface area contributed by atoms with Crippen molar-refractivity contribution in [3.8, 4) is 5.75 Å². The zero-order valence-electron chi connectivity index (χ0n) is 22.2. The van der Waals surface area contributed by atoms with Crippen molar-refractivity contribution in [3.63, 3.8) is 0 Å². The van der Waals surface area contributed by atoms with E-state index >= 15 is 0 Å². The predicted molar refractivity (Wildman–Crippen MR) is 161 cm³/mol. The lowest BCUT2D eigenvalue weighted by Gasteiger charge is -2.35. The lowest BCUT2D eigenvalue weighted by molar-refractivity contribution is 0.102. The quantitative estimate of drug-likeness (QED) is 0.191. The summed E-state index contributed by atoms with van der Waals surface area (Å²) in [6.45, 7) is 1.83. The van der Waals surface area contributed by atoms with Gasteiger partial charge in [0.05, 0.1) is 17.8 Å². The highest BCUT2D eigenvalue weighted by atomic mass is 35.5. The summed E-state index contributed by atoms with van der Waals surface area (Å²) in [6.07, 6.45) is 0.654. The Morgan fingerprint density at radius 3 is 2.39 bits per heavy atom. The van der Waals surface area contributed by atoms with Crippen molar-refractivity contribution in [1.82, 2.24) is 15.0 Å². The Labute approximate surface area is 248 Å². The number of aromatic nitrogens is 3. The fourth-order valence-corrected chi connectivity index (χ4v) is 5.16. The maximum atomic E-state index is 12.6. The molecule has 2 aliphatic rings. The van der Waals surface area contributed by atoms with Gasteiger partial charge in [-0.1, -0.05) is 11.6 Å². The minimum Gasteiger partial charge on any atom is -0.506 e. The summed E-state index contributed by atoms with van der Waals surface area (Å²) in [5.41, 5.74) is 19.5. The number of carbonyl (C=O) groups is 1. The molecule has 0 unspecified atom stereocenters. The number of nitrogens with zero attached hydrogens (tertiary/aromatic N) is 5. The minimum atomic E-state index is -0.592. The van der Waals surface area contributed by atoms with Crippen molar-refractivity contribution in [2.45, 2.75) is 37.1 Å². The average Bonchev–Trinajstić information content (AvgIpc) is 3.30. The highest BCUT2D eigenvalue weighted by molar-refractivity contribution is 6.30. The number of hydrogen-bond donors (Lipinski definition) is 7. The molecule has 2 aliphatic heterocycles. The number of phenolic OH excluding ortho intramolecular Hbond substituents is 1. The van der Waals surface area contributed by atoms with E-state index in [2.05, 4.69) is 25.6 Å². The van der Waals surface area contributed by atoms with Crippen molar-refractivity contribution in [3.05, 3.63) is 53.1 Å². The SMILES string of the molecule is Cl.NC[C@@H]1[C@H](O)CCN1c1nc(Nc2ccc(NC(=O)c3ccc(Cl)cc3)c(O)c2)nc(N2C[C@H](N)C[C@H](N)C2)n1. The smallest absolute Gasteiger partial charge is 0.255 e. The van der Waals surface area contributed by atoms with Crippen LogP contribution in [0.1, 0.15) is 23.2 Å². The topological polar surface area (TPSA) is 205 Å². The molecule has 1 aromatic heterocycles. The number of phenols is 1. The van der Waals surface area contributed by atoms with Crippen molar-refractivity contribution in [2.24, 2.45) is 17.2 Å². The van der Waals surface area contributed by atoms with Gasteiger partial charge < -0.3 is 47.8 Å². The first-order valence-electron chi connectivity index (χ1n) is 13.0. The number of halogens is 2. The summed E-state index contributed by atoms with van der Waals surface area (Å²) in [7, 11) is 0. The fraction of sp³-hybridized carbons (Fsp3) is 0.385. The predicted octanol–water partition coefficient (Wildman–Crippen LogP) is 1.41. The Morgan fingerprint density at radius 2 is 1.73 bits per heavy atom. The fourth-order valence-electron chi connectivity index (χ4n) is 5.03. The number of piperidine rings is 1. The third kappa shape index (κ3) is 7.07. The number of nitrogens with two attached hydrogens (primary N) is 3. The molecular weight excluding hydrogens is 571 g/mol. The van der Waals surface area contributed by atoms with Crippen LogP contribution >= 0.6 is 24.0 Å². The molecule has 15 heteroatoms. The van der Waals surface area contributed by atoms with Gasteiger partial charge in [0.2, 0.25) is 17.8 Å². The molecule has 3 heterocycles. The summed E-state index contributed by atoms with van der Waals surface area (Å²) in [4.78, 5) is 30.3. The third-order valence-electron chi connectivity index (χ3n) is 7.03. The van der Waals surface area contributed by atoms with Crippen LogP contribution in [0.3, 0.4) is 0 Å². The van der Waals surface area contributed by atoms with E-state index < -0.39 is 6.10 Å². The molecule has 0 spiro atoms. The van der Waals surface area contributed by atoms with Crippen LogP contribution in [0.4, 0.5) is 29.2 Å². The molecule has 0 bridgehead atoms. The van der Waals surface area contributed by atoms with Crippen molar-refractivity contribution in [2.75, 3.05) is 46.6 Å². The van der Waals surface area contributed by atoms with Gasteiger partial charge in [-0.2, -0.15) is 15.0 Å². The molecule has 5 rings (SSSR count). The summed E-state index contributed by atoms with van der Waals surface area (Å²) in [5, 5.41) is 27.4. The largest absolute Gasteiger partial charge is 0.506 e. The van der Waals surface area contributed by atoms with Crippen LogP contribution < -0.4 is 37.6 Å². The van der Waals surface area contributed by atoms with E-state index in [1.165, 1.54) is 6.07 Å². The van der Waals surface area contributed by atoms with Gasteiger partial charge in [-0.15, -0.1) is 12.4 Å². The van der Waals surface area contributed by atoms with E-state index in [-0.39, 0.29) is 60.4 Å². The molecule has 2 aromatic carbocycles. The Hall–Kier alpha value is -3.46. The van der Waals surface area contributed by atoms with Crippen LogP contribution in [0.2, 0.25) is 5.02 Å². The molecule has 220 valence electrons. The second kappa shape index (κ2) is 13.0. The van der Waals surface area contributed by atoms with Crippen molar-refractivity contribution in [1.29, 1.82) is 0 Å². The number of rotatable bonds is 7. The molecule has 4 atom stereocenters. The zero-order valence-corrected chi connectivity index (χ0v) is 23.7. The first kappa shape index (κ1) is 30.5. The monoisotopic (exact) mass is 604 g/mol. The Bertz CT molecular complexity index is 1360. The lowest BCUT2D eigenvalue weighted by atomic mass is 10.0. The van der Waals surface area contributed by atoms with Crippen molar-refractivity contribution >= 4 is 59.1 Å². The van der Waals surface area contributed by atoms with Gasteiger partial charge in [-0.05, 0) is 49.2 Å². The Kier molecular flexibility index (Phi) is 9.68. The number of aromatic hydroxyl groups is 1. The van der Waals surface area contributed by atoms with Gasteiger partial charge in [0.15, 0.2) is 0 Å². The van der Waals surface area contributed by atoms with E-state index in [4.69, 9.17) is 28.8 Å². The van der Waals surface area contributed by atoms with Crippen LogP contribution in [0.15, 0.2) is 42.5 Å². The first-order chi connectivity index (χ1) is 19.2. The Balaban J connectivity index is 0.00000387. The average molecular weight is 606 g/mol. The number of hydrogen-bond acceptors (Lipinski definition) is 12. The van der Waals surface area contributed by atoms with Crippen LogP contribution in [-0.4, -0.2) is 81.5 Å². The van der Waals surface area contributed by atoms with E-state index in [1.54, 1.807) is 36.4 Å². The molecule has 1 amide bonds. The second-order valence-corrected chi connectivity index (χ2v) is 10.5. The van der Waals surface area contributed by atoms with E-state index in [0.717, 1.165) is 0 Å². The number of aliphatic hydroxyl groups excluding tert-OH is 1. The number of nitrogens with one attached hydrogen (secondary N) is 2. The summed E-state index contributed by atoms with van der Waals surface area (Å²) < 4.78 is 0. The number of amides is 1. The lowest BCUT2D eigenvalue weighted by Crippen LogP contribution is -2.53. The van der Waals surface area contributed by atoms with Crippen LogP contribution in [0.25, 0.3) is 0 Å². The highest BCUT2D eigenvalue weighted by Gasteiger charge is 2.35. The molecule has 2 fully saturated rings. The van der Waals surface area contributed by atoms with E-state index in [9.17, 15) is 15.0 Å². The second-order valence-electron chi connectivity index (χ2n) is 10.1. The van der Waals surface area contributed by atoms with Gasteiger partial charge in [0, 0.05) is 60.6 Å². The van der Waals surface area contributed by atoms with Crippen molar-refractivity contribution < 1.29 is 15.0 Å². The van der Waals surface area contributed by atoms with Gasteiger partial charge in [-0.25, -0.2) is 0 Å². The molecule has 13 nitrogen and oxygen atoms in total. The van der Waals surface area contributed by atoms with Crippen LogP contribution in [0, 0.1) is 0 Å². The molecule has 0 radical (unpaired) electrons. The van der Waals surface area contributed by atoms with Crippen LogP contribution in [0.5, 0.6) is 5.75 Å². The van der Waals surface area contributed by atoms with E-state index in [1.807, 2.05) is 9.80 Å². The normalized spacial score (nSPS) is 22.3. The van der Waals surface area contributed by atoms with Gasteiger partial charge in [0.25, 0.3) is 5.91 Å². The highest BCUT2D eigenvalue weighted by Crippen LogP contribution is 2.30. The molecule has 41 heavy (non-hydrogen) atoms. The van der Waals surface area contributed by atoms with Crippen LogP contribution in [-0.2, 0) is 0 Å². The number of benzene rings is 2. The van der Waals surface area contributed by atoms with Gasteiger partial charge in [0.1, 0.15) is 5.75 Å². The third-order valence-corrected chi connectivity index (χ3v) is 7.28. The zero-order chi connectivity index (χ0) is 28.4. The number of anilines is 5. The molecule has 0 saturated carbocycles. The number of aliphatic hydroxyl groups is 1. The minimum absolute atomic E-state index is 0. The molecule has 2 saturated heterocycles. The van der Waals surface area contributed by atoms with E-state index in [0.29, 0.717) is 60.6 Å². The number of carbonyl (C=O) groups excluding carboxylic acids is 1. The Morgan fingerprint density at radius 1 is 1.05 bits per heavy atom. The molecule has 10 N–H and O–H groups in total. The maximum absolute atomic E-state index is 12.6. The molecule has 0 aliphatic carbocycles. The van der Waals surface area contributed by atoms with Gasteiger partial charge in [-0.3, -0.25) is 4.79 Å². The maximum Gasteiger partial charge on any atom is 0.255 e. The summed E-state index contributed by atoms with van der Waals surface area (Å²) in [6, 6.07) is 10.5. The molecule has 3 aromatic rings. The summed E-state index contributed by atoms with van der Waals surface area (Å²) >= 11 is 5.89. The van der Waals surface area contributed by atoms with Gasteiger partial charge >= 0.3 is 0 Å². The standard InChI is InChI=1S/C26H33ClN10O3.ClH/c27-15-3-1-14(2-4-15)23(40)32-19-6-5-18(10-22(19)39)31-24-33-25(36-12-16(29)9-17(30)13-36)35-26(34-24)37-8-7-21(38)20(37)11-28;/h1-6,10,16-17,20-21,38-39H,7-9,11-13,28-30H2,(H,32,40)(H,31,33,34,35);1H/t16-,17+,20-,21-;/m1./s1.